The molecule has 1 saturated carbocycles. The Bertz CT molecular complexity index is 778. The van der Waals surface area contributed by atoms with Gasteiger partial charge in [0.05, 0.1) is 25.1 Å². The summed E-state index contributed by atoms with van der Waals surface area (Å²) in [5, 5.41) is 10.4. The van der Waals surface area contributed by atoms with E-state index in [0.717, 1.165) is 32.1 Å². The first kappa shape index (κ1) is 25.6. The highest BCUT2D eigenvalue weighted by Crippen LogP contribution is 2.52. The largest absolute Gasteiger partial charge is 0.458 e. The topological polar surface area (TPSA) is 136 Å². The van der Waals surface area contributed by atoms with Crippen molar-refractivity contribution in [3.63, 3.8) is 0 Å². The van der Waals surface area contributed by atoms with E-state index in [-0.39, 0.29) is 38.1 Å². The van der Waals surface area contributed by atoms with Gasteiger partial charge in [0, 0.05) is 31.8 Å². The van der Waals surface area contributed by atoms with Crippen LogP contribution < -0.4 is 5.73 Å². The van der Waals surface area contributed by atoms with Crippen LogP contribution in [0.15, 0.2) is 0 Å². The fourth-order valence-corrected chi connectivity index (χ4v) is 5.84. The van der Waals surface area contributed by atoms with Gasteiger partial charge in [-0.2, -0.15) is 4.48 Å². The van der Waals surface area contributed by atoms with Gasteiger partial charge in [0.1, 0.15) is 6.61 Å². The van der Waals surface area contributed by atoms with Crippen LogP contribution in [0.25, 0.3) is 0 Å². The molecule has 3 N–H and O–H groups in total. The van der Waals surface area contributed by atoms with E-state index in [1.54, 1.807) is 6.92 Å². The third-order valence-electron chi connectivity index (χ3n) is 8.47. The van der Waals surface area contributed by atoms with Crippen LogP contribution in [0.4, 0.5) is 4.79 Å². The molecule has 0 spiro atoms. The van der Waals surface area contributed by atoms with Crippen molar-refractivity contribution >= 4 is 24.3 Å². The number of carbonyl (C=O) groups excluding carboxylic acids is 4. The number of hydroxylamine groups is 2. The molecule has 1 aliphatic carbocycles. The highest BCUT2D eigenvalue weighted by Gasteiger charge is 2.74. The fourth-order valence-electron chi connectivity index (χ4n) is 5.84. The number of nitrogens with zero attached hydrogens (tertiary/aromatic N) is 2. The fraction of sp³-hybridized carbons (Fsp3) is 0.826. The van der Waals surface area contributed by atoms with Gasteiger partial charge in [-0.05, 0) is 12.3 Å². The van der Waals surface area contributed by atoms with Crippen molar-refractivity contribution in [3.05, 3.63) is 0 Å². The first-order chi connectivity index (χ1) is 15.5. The lowest BCUT2D eigenvalue weighted by molar-refractivity contribution is -0.810. The van der Waals surface area contributed by atoms with Crippen molar-refractivity contribution in [2.45, 2.75) is 77.4 Å². The highest BCUT2D eigenvalue weighted by atomic mass is 16.6. The van der Waals surface area contributed by atoms with Crippen molar-refractivity contribution in [1.82, 2.24) is 5.06 Å². The molecule has 3 fully saturated rings. The second kappa shape index (κ2) is 9.68. The zero-order valence-electron chi connectivity index (χ0n) is 20.0. The molecule has 4 atom stereocenters. The number of amides is 4. The van der Waals surface area contributed by atoms with Crippen LogP contribution in [-0.2, 0) is 23.9 Å². The van der Waals surface area contributed by atoms with E-state index in [0.29, 0.717) is 24.5 Å². The number of hydrogen-bond acceptors (Lipinski definition) is 7. The first-order valence-electron chi connectivity index (χ1n) is 11.9. The maximum Gasteiger partial charge on any atom is 0.422 e. The van der Waals surface area contributed by atoms with Gasteiger partial charge in [-0.15, -0.1) is 0 Å². The number of imide groups is 1. The summed E-state index contributed by atoms with van der Waals surface area (Å²) in [5.74, 6) is -1.80. The van der Waals surface area contributed by atoms with E-state index in [1.165, 1.54) is 0 Å². The van der Waals surface area contributed by atoms with Crippen LogP contribution in [0.3, 0.4) is 0 Å². The molecule has 4 amide bonds. The van der Waals surface area contributed by atoms with Crippen LogP contribution in [0.5, 0.6) is 0 Å². The molecule has 2 heterocycles. The SMILES string of the molecule is CC1(C)CC[N+](C(N)=O)(C(=O)[C@H](CC2CCCC2)CN(O)C=O)[C@@]1(C)C(=O)OCC1CCO1. The number of primary amides is 1. The highest BCUT2D eigenvalue weighted by molar-refractivity contribution is 5.92. The molecular formula is C23H38N3O7+. The van der Waals surface area contributed by atoms with Crippen molar-refractivity contribution in [1.29, 1.82) is 0 Å². The lowest BCUT2D eigenvalue weighted by Gasteiger charge is -2.45. The van der Waals surface area contributed by atoms with Gasteiger partial charge in [0.2, 0.25) is 11.9 Å². The van der Waals surface area contributed by atoms with Crippen molar-refractivity contribution in [2.75, 3.05) is 26.3 Å². The van der Waals surface area contributed by atoms with E-state index in [1.807, 2.05) is 13.8 Å². The predicted molar refractivity (Wildman–Crippen MR) is 116 cm³/mol. The predicted octanol–water partition coefficient (Wildman–Crippen LogP) is 1.97. The number of rotatable bonds is 9. The van der Waals surface area contributed by atoms with E-state index in [9.17, 15) is 24.4 Å². The van der Waals surface area contributed by atoms with Crippen LogP contribution in [0.1, 0.15) is 65.7 Å². The molecular weight excluding hydrogens is 430 g/mol. The first-order valence-corrected chi connectivity index (χ1v) is 11.9. The maximum absolute atomic E-state index is 14.1. The number of ether oxygens (including phenoxy) is 2. The minimum Gasteiger partial charge on any atom is -0.458 e. The van der Waals surface area contributed by atoms with Gasteiger partial charge in [0.25, 0.3) is 0 Å². The third-order valence-corrected chi connectivity index (χ3v) is 8.47. The smallest absolute Gasteiger partial charge is 0.422 e. The number of hydrogen-bond donors (Lipinski definition) is 2. The minimum absolute atomic E-state index is 0.0541. The number of esters is 1. The zero-order valence-corrected chi connectivity index (χ0v) is 20.0. The average Bonchev–Trinajstić information content (AvgIpc) is 3.31. The van der Waals surface area contributed by atoms with Crippen LogP contribution in [-0.4, -0.2) is 77.0 Å². The van der Waals surface area contributed by atoms with Crippen LogP contribution in [0.2, 0.25) is 0 Å². The quantitative estimate of drug-likeness (QED) is 0.174. The molecule has 0 aromatic carbocycles. The molecule has 10 heteroatoms. The molecule has 3 rings (SSSR count). The van der Waals surface area contributed by atoms with Gasteiger partial charge in [-0.25, -0.2) is 19.4 Å². The van der Waals surface area contributed by atoms with Gasteiger partial charge in [0.15, 0.2) is 0 Å². The van der Waals surface area contributed by atoms with Crippen molar-refractivity contribution in [3.8, 4) is 0 Å². The Kier molecular flexibility index (Phi) is 7.50. The standard InChI is InChI=1S/C23H37N3O7/c1-22(2)9-10-26(21(24)30,23(22,3)20(29)33-14-18-8-11-32-18)19(28)17(13-25(31)15-27)12-16-6-4-5-7-16/h15-18,31H,4-14H2,1-3H3,(H-,24,30)/p+1/t17-,18?,23+,26?/m1/s1. The molecule has 2 saturated heterocycles. The summed E-state index contributed by atoms with van der Waals surface area (Å²) in [6.07, 6.45) is 5.65. The Labute approximate surface area is 194 Å². The number of quaternary nitrogens is 1. The summed E-state index contributed by atoms with van der Waals surface area (Å²) in [6, 6.07) is -0.920. The molecule has 33 heavy (non-hydrogen) atoms. The third kappa shape index (κ3) is 4.40. The molecule has 0 radical (unpaired) electrons. The van der Waals surface area contributed by atoms with Crippen LogP contribution >= 0.6 is 0 Å². The summed E-state index contributed by atoms with van der Waals surface area (Å²) in [4.78, 5) is 51.9. The Morgan fingerprint density at radius 1 is 1.24 bits per heavy atom. The summed E-state index contributed by atoms with van der Waals surface area (Å²) in [6.45, 7) is 5.71. The summed E-state index contributed by atoms with van der Waals surface area (Å²) < 4.78 is 10.0. The maximum atomic E-state index is 14.1. The number of nitrogens with two attached hydrogens (primary N) is 1. The Morgan fingerprint density at radius 2 is 1.88 bits per heavy atom. The number of carbonyl (C=O) groups is 4. The van der Waals surface area contributed by atoms with E-state index >= 15 is 0 Å². The zero-order chi connectivity index (χ0) is 24.4. The Hall–Kier alpha value is -2.04. The van der Waals surface area contributed by atoms with Crippen LogP contribution in [0, 0.1) is 17.3 Å². The van der Waals surface area contributed by atoms with E-state index in [4.69, 9.17) is 15.2 Å². The lowest BCUT2D eigenvalue weighted by atomic mass is 9.72. The second-order valence-corrected chi connectivity index (χ2v) is 10.6. The molecule has 0 bridgehead atoms. The summed E-state index contributed by atoms with van der Waals surface area (Å²) >= 11 is 0. The van der Waals surface area contributed by atoms with Gasteiger partial charge in [-0.1, -0.05) is 39.5 Å². The van der Waals surface area contributed by atoms with E-state index in [2.05, 4.69) is 0 Å². The average molecular weight is 469 g/mol. The molecule has 0 aromatic rings. The van der Waals surface area contributed by atoms with Crippen molar-refractivity contribution < 1.29 is 38.3 Å². The molecule has 10 nitrogen and oxygen atoms in total. The molecule has 186 valence electrons. The van der Waals surface area contributed by atoms with Crippen molar-refractivity contribution in [2.24, 2.45) is 23.0 Å². The number of likely N-dealkylation sites (tertiary alicyclic amines) is 1. The second-order valence-electron chi connectivity index (χ2n) is 10.6. The Balaban J connectivity index is 1.97. The van der Waals surface area contributed by atoms with E-state index < -0.39 is 39.3 Å². The molecule has 2 aliphatic heterocycles. The molecule has 2 unspecified atom stereocenters. The summed E-state index contributed by atoms with van der Waals surface area (Å²) in [7, 11) is 0. The normalized spacial score (nSPS) is 32.1. The monoisotopic (exact) mass is 468 g/mol. The Morgan fingerprint density at radius 3 is 2.39 bits per heavy atom. The minimum atomic E-state index is -1.56. The molecule has 3 aliphatic rings. The van der Waals surface area contributed by atoms with Gasteiger partial charge in [-0.3, -0.25) is 10.0 Å². The lowest BCUT2D eigenvalue weighted by Crippen LogP contribution is -2.75. The molecule has 0 aromatic heterocycles. The summed E-state index contributed by atoms with van der Waals surface area (Å²) in [5.41, 5.74) is 3.58. The van der Waals surface area contributed by atoms with Gasteiger partial charge < -0.3 is 15.2 Å². The van der Waals surface area contributed by atoms with Gasteiger partial charge >= 0.3 is 17.9 Å². The number of urea groups is 1.